The van der Waals surface area contributed by atoms with Crippen molar-refractivity contribution in [2.24, 2.45) is 0 Å². The van der Waals surface area contributed by atoms with Crippen LogP contribution in [0.1, 0.15) is 5.56 Å². The monoisotopic (exact) mass is 406 g/mol. The summed E-state index contributed by atoms with van der Waals surface area (Å²) in [6.45, 7) is -0.136. The molecule has 0 aliphatic carbocycles. The van der Waals surface area contributed by atoms with Crippen molar-refractivity contribution < 1.29 is 27.5 Å². The molecule has 0 aliphatic rings. The molecule has 0 radical (unpaired) electrons. The SMILES string of the molecule is COCC(=O)Nc1nnc(SCC(=O)Nc2ccccc2C(F)(F)F)s1. The number of para-hydroxylation sites is 1. The highest BCUT2D eigenvalue weighted by molar-refractivity contribution is 8.01. The maximum atomic E-state index is 12.9. The number of methoxy groups -OCH3 is 1. The van der Waals surface area contributed by atoms with E-state index >= 15 is 0 Å². The predicted octanol–water partition coefficient (Wildman–Crippen LogP) is 2.87. The molecule has 0 fully saturated rings. The van der Waals surface area contributed by atoms with Crippen LogP contribution in [-0.2, 0) is 20.5 Å². The zero-order valence-electron chi connectivity index (χ0n) is 13.3. The van der Waals surface area contributed by atoms with Crippen LogP contribution in [-0.4, -0.2) is 41.5 Å². The summed E-state index contributed by atoms with van der Waals surface area (Å²) in [7, 11) is 1.37. The van der Waals surface area contributed by atoms with Crippen molar-refractivity contribution in [3.8, 4) is 0 Å². The Morgan fingerprint density at radius 2 is 1.92 bits per heavy atom. The minimum Gasteiger partial charge on any atom is -0.375 e. The molecule has 0 spiro atoms. The summed E-state index contributed by atoms with van der Waals surface area (Å²) < 4.78 is 43.7. The van der Waals surface area contributed by atoms with E-state index < -0.39 is 23.6 Å². The first kappa shape index (κ1) is 20.1. The number of hydrogen-bond donors (Lipinski definition) is 2. The largest absolute Gasteiger partial charge is 0.418 e. The van der Waals surface area contributed by atoms with E-state index in [4.69, 9.17) is 0 Å². The van der Waals surface area contributed by atoms with Gasteiger partial charge in [-0.25, -0.2) is 0 Å². The van der Waals surface area contributed by atoms with Crippen LogP contribution in [0.25, 0.3) is 0 Å². The third kappa shape index (κ3) is 5.97. The van der Waals surface area contributed by atoms with Crippen molar-refractivity contribution in [3.05, 3.63) is 29.8 Å². The highest BCUT2D eigenvalue weighted by Crippen LogP contribution is 2.34. The third-order valence-corrected chi connectivity index (χ3v) is 4.73. The van der Waals surface area contributed by atoms with Crippen LogP contribution < -0.4 is 10.6 Å². The second-order valence-corrected chi connectivity index (χ2v) is 6.93. The summed E-state index contributed by atoms with van der Waals surface area (Å²) in [5.41, 5.74) is -1.23. The summed E-state index contributed by atoms with van der Waals surface area (Å²) in [5.74, 6) is -1.18. The van der Waals surface area contributed by atoms with E-state index in [-0.39, 0.29) is 23.2 Å². The molecular formula is C14H13F3N4O3S2. The Morgan fingerprint density at radius 1 is 1.19 bits per heavy atom. The molecule has 2 aromatic rings. The van der Waals surface area contributed by atoms with Crippen LogP contribution in [0.2, 0.25) is 0 Å². The van der Waals surface area contributed by atoms with Crippen LogP contribution in [0.3, 0.4) is 0 Å². The lowest BCUT2D eigenvalue weighted by atomic mass is 10.1. The lowest BCUT2D eigenvalue weighted by molar-refractivity contribution is -0.137. The van der Waals surface area contributed by atoms with Gasteiger partial charge in [-0.2, -0.15) is 13.2 Å². The summed E-state index contributed by atoms with van der Waals surface area (Å²) in [6.07, 6.45) is -4.56. The number of nitrogens with one attached hydrogen (secondary N) is 2. The van der Waals surface area contributed by atoms with Crippen molar-refractivity contribution in [2.75, 3.05) is 30.1 Å². The molecule has 1 aromatic carbocycles. The standard InChI is InChI=1S/C14H13F3N4O3S2/c1-24-6-10(22)19-12-20-21-13(26-12)25-7-11(23)18-9-5-3-2-4-8(9)14(15,16)17/h2-5H,6-7H2,1H3,(H,18,23)(H,19,20,22). The fourth-order valence-electron chi connectivity index (χ4n) is 1.76. The first-order valence-electron chi connectivity index (χ1n) is 7.00. The first-order chi connectivity index (χ1) is 12.3. The van der Waals surface area contributed by atoms with Gasteiger partial charge in [0.1, 0.15) is 6.61 Å². The van der Waals surface area contributed by atoms with Gasteiger partial charge in [-0.05, 0) is 12.1 Å². The molecule has 0 saturated carbocycles. The van der Waals surface area contributed by atoms with E-state index in [0.717, 1.165) is 29.2 Å². The Bertz CT molecular complexity index is 783. The van der Waals surface area contributed by atoms with Crippen molar-refractivity contribution in [3.63, 3.8) is 0 Å². The molecule has 12 heteroatoms. The smallest absolute Gasteiger partial charge is 0.375 e. The van der Waals surface area contributed by atoms with E-state index in [1.54, 1.807) is 0 Å². The average Bonchev–Trinajstić information content (AvgIpc) is 3.00. The number of rotatable bonds is 7. The summed E-state index contributed by atoms with van der Waals surface area (Å²) in [6, 6.07) is 4.72. The zero-order chi connectivity index (χ0) is 19.2. The number of thioether (sulfide) groups is 1. The lowest BCUT2D eigenvalue weighted by Gasteiger charge is -2.13. The number of anilines is 2. The molecule has 26 heavy (non-hydrogen) atoms. The predicted molar refractivity (Wildman–Crippen MR) is 91.2 cm³/mol. The Kier molecular flexibility index (Phi) is 6.94. The summed E-state index contributed by atoms with van der Waals surface area (Å²) >= 11 is 2.03. The van der Waals surface area contributed by atoms with Gasteiger partial charge in [-0.1, -0.05) is 35.2 Å². The van der Waals surface area contributed by atoms with Gasteiger partial charge in [0, 0.05) is 7.11 Å². The molecule has 0 atom stereocenters. The number of halogens is 3. The van der Waals surface area contributed by atoms with Crippen LogP contribution >= 0.6 is 23.1 Å². The van der Waals surface area contributed by atoms with Gasteiger partial charge in [-0.3, -0.25) is 14.9 Å². The quantitative estimate of drug-likeness (QED) is 0.543. The number of alkyl halides is 3. The topological polar surface area (TPSA) is 93.2 Å². The molecule has 7 nitrogen and oxygen atoms in total. The van der Waals surface area contributed by atoms with Gasteiger partial charge in [0.2, 0.25) is 11.0 Å². The Hall–Kier alpha value is -2.18. The number of hydrogen-bond acceptors (Lipinski definition) is 7. The van der Waals surface area contributed by atoms with Crippen LogP contribution in [0.4, 0.5) is 24.0 Å². The van der Waals surface area contributed by atoms with Crippen LogP contribution in [0, 0.1) is 0 Å². The minimum atomic E-state index is -4.56. The van der Waals surface area contributed by atoms with Gasteiger partial charge in [0.25, 0.3) is 5.91 Å². The second-order valence-electron chi connectivity index (χ2n) is 4.73. The summed E-state index contributed by atoms with van der Waals surface area (Å²) in [5, 5.41) is 12.4. The molecular weight excluding hydrogens is 393 g/mol. The van der Waals surface area contributed by atoms with Crippen LogP contribution in [0.15, 0.2) is 28.6 Å². The van der Waals surface area contributed by atoms with Crippen LogP contribution in [0.5, 0.6) is 0 Å². The molecule has 0 bridgehead atoms. The van der Waals surface area contributed by atoms with Gasteiger partial charge in [0.05, 0.1) is 17.0 Å². The van der Waals surface area contributed by atoms with Gasteiger partial charge in [-0.15, -0.1) is 10.2 Å². The molecule has 2 N–H and O–H groups in total. The molecule has 2 rings (SSSR count). The number of nitrogens with zero attached hydrogens (tertiary/aromatic N) is 2. The lowest BCUT2D eigenvalue weighted by Crippen LogP contribution is -2.18. The van der Waals surface area contributed by atoms with E-state index in [1.165, 1.54) is 25.3 Å². The maximum absolute atomic E-state index is 12.9. The van der Waals surface area contributed by atoms with E-state index in [9.17, 15) is 22.8 Å². The number of benzene rings is 1. The molecule has 1 heterocycles. The third-order valence-electron chi connectivity index (χ3n) is 2.76. The van der Waals surface area contributed by atoms with E-state index in [0.29, 0.717) is 4.34 Å². The van der Waals surface area contributed by atoms with Crippen molar-refractivity contribution in [1.29, 1.82) is 0 Å². The molecule has 0 unspecified atom stereocenters. The van der Waals surface area contributed by atoms with E-state index in [1.807, 2.05) is 0 Å². The summed E-state index contributed by atoms with van der Waals surface area (Å²) in [4.78, 5) is 23.2. The Morgan fingerprint density at radius 3 is 2.62 bits per heavy atom. The minimum absolute atomic E-state index is 0.136. The Balaban J connectivity index is 1.90. The molecule has 2 amide bonds. The number of carbonyl (C=O) groups is 2. The molecule has 0 saturated heterocycles. The zero-order valence-corrected chi connectivity index (χ0v) is 14.9. The number of carbonyl (C=O) groups excluding carboxylic acids is 2. The van der Waals surface area contributed by atoms with Crippen molar-refractivity contribution >= 4 is 45.7 Å². The fraction of sp³-hybridized carbons (Fsp3) is 0.286. The first-order valence-corrected chi connectivity index (χ1v) is 8.81. The number of ether oxygens (including phenoxy) is 1. The molecule has 1 aromatic heterocycles. The van der Waals surface area contributed by atoms with Gasteiger partial charge >= 0.3 is 6.18 Å². The van der Waals surface area contributed by atoms with Gasteiger partial charge < -0.3 is 10.1 Å². The highest BCUT2D eigenvalue weighted by atomic mass is 32.2. The van der Waals surface area contributed by atoms with Crippen molar-refractivity contribution in [2.45, 2.75) is 10.5 Å². The highest BCUT2D eigenvalue weighted by Gasteiger charge is 2.33. The maximum Gasteiger partial charge on any atom is 0.418 e. The van der Waals surface area contributed by atoms with Gasteiger partial charge in [0.15, 0.2) is 4.34 Å². The Labute approximate surface area is 154 Å². The fourth-order valence-corrected chi connectivity index (χ4v) is 3.33. The molecule has 140 valence electrons. The average molecular weight is 406 g/mol. The normalized spacial score (nSPS) is 11.2. The van der Waals surface area contributed by atoms with E-state index in [2.05, 4.69) is 25.6 Å². The number of aromatic nitrogens is 2. The number of amides is 2. The van der Waals surface area contributed by atoms with Crippen molar-refractivity contribution in [1.82, 2.24) is 10.2 Å². The second kappa shape index (κ2) is 8.96. The molecule has 0 aliphatic heterocycles.